The van der Waals surface area contributed by atoms with Crippen LogP contribution >= 0.6 is 0 Å². The summed E-state index contributed by atoms with van der Waals surface area (Å²) in [5, 5.41) is 10.7. The molecule has 0 spiro atoms. The molecule has 2 rings (SSSR count). The zero-order valence-corrected chi connectivity index (χ0v) is 7.62. The summed E-state index contributed by atoms with van der Waals surface area (Å²) in [6, 6.07) is 0.480. The predicted octanol–water partition coefficient (Wildman–Crippen LogP) is 1.35. The molecule has 1 aliphatic rings. The summed E-state index contributed by atoms with van der Waals surface area (Å²) >= 11 is 0. The average Bonchev–Trinajstić information content (AvgIpc) is 2.70. The molecule has 0 bridgehead atoms. The van der Waals surface area contributed by atoms with E-state index < -0.39 is 0 Å². The zero-order chi connectivity index (χ0) is 9.10. The molecular weight excluding hydrogens is 170 g/mol. The van der Waals surface area contributed by atoms with Crippen LogP contribution in [0.1, 0.15) is 31.8 Å². The molecule has 1 saturated heterocycles. The first kappa shape index (κ1) is 8.50. The maximum Gasteiger partial charge on any atom is 0.315 e. The van der Waals surface area contributed by atoms with Gasteiger partial charge in [-0.25, -0.2) is 0 Å². The second-order valence-corrected chi connectivity index (χ2v) is 2.98. The van der Waals surface area contributed by atoms with Crippen LogP contribution in [0.4, 0.5) is 6.01 Å². The van der Waals surface area contributed by atoms with E-state index in [0.29, 0.717) is 11.9 Å². The van der Waals surface area contributed by atoms with E-state index in [-0.39, 0.29) is 6.10 Å². The maximum atomic E-state index is 5.41. The topological polar surface area (TPSA) is 60.2 Å². The van der Waals surface area contributed by atoms with E-state index >= 15 is 0 Å². The Morgan fingerprint density at radius 2 is 2.46 bits per heavy atom. The lowest BCUT2D eigenvalue weighted by atomic mass is 10.2. The first-order valence-corrected chi connectivity index (χ1v) is 4.59. The Hall–Kier alpha value is -1.10. The molecule has 0 amide bonds. The SMILES string of the molecule is CCNc1nnc([C@@H]2CCCO2)o1. The van der Waals surface area contributed by atoms with Crippen LogP contribution in [0, 0.1) is 0 Å². The standard InChI is InChI=1S/C8H13N3O2/c1-2-9-8-11-10-7(13-8)6-4-3-5-12-6/h6H,2-5H2,1H3,(H,9,11)/t6-/m0/s1. The van der Waals surface area contributed by atoms with Gasteiger partial charge in [0, 0.05) is 13.2 Å². The van der Waals surface area contributed by atoms with Crippen LogP contribution in [-0.4, -0.2) is 23.3 Å². The third-order valence-corrected chi connectivity index (χ3v) is 1.97. The third-order valence-electron chi connectivity index (χ3n) is 1.97. The molecule has 0 unspecified atom stereocenters. The van der Waals surface area contributed by atoms with E-state index in [1.807, 2.05) is 6.92 Å². The highest BCUT2D eigenvalue weighted by atomic mass is 16.5. The van der Waals surface area contributed by atoms with Gasteiger partial charge in [0.15, 0.2) is 0 Å². The van der Waals surface area contributed by atoms with E-state index in [0.717, 1.165) is 26.0 Å². The Labute approximate surface area is 76.5 Å². The van der Waals surface area contributed by atoms with Crippen molar-refractivity contribution in [3.63, 3.8) is 0 Å². The van der Waals surface area contributed by atoms with Gasteiger partial charge in [-0.05, 0) is 19.8 Å². The molecule has 0 radical (unpaired) electrons. The molecule has 1 aliphatic heterocycles. The summed E-state index contributed by atoms with van der Waals surface area (Å²) in [5.41, 5.74) is 0. The number of anilines is 1. The number of aromatic nitrogens is 2. The first-order chi connectivity index (χ1) is 6.40. The lowest BCUT2D eigenvalue weighted by Crippen LogP contribution is -1.96. The number of hydrogen-bond acceptors (Lipinski definition) is 5. The van der Waals surface area contributed by atoms with Gasteiger partial charge in [0.25, 0.3) is 0 Å². The van der Waals surface area contributed by atoms with Crippen LogP contribution in [0.25, 0.3) is 0 Å². The van der Waals surface area contributed by atoms with Gasteiger partial charge in [0.1, 0.15) is 6.10 Å². The van der Waals surface area contributed by atoms with Crippen molar-refractivity contribution in [3.8, 4) is 0 Å². The molecule has 5 heteroatoms. The molecule has 0 aliphatic carbocycles. The van der Waals surface area contributed by atoms with Crippen molar-refractivity contribution in [2.75, 3.05) is 18.5 Å². The first-order valence-electron chi connectivity index (χ1n) is 4.59. The smallest absolute Gasteiger partial charge is 0.315 e. The van der Waals surface area contributed by atoms with Gasteiger partial charge in [-0.1, -0.05) is 5.10 Å². The van der Waals surface area contributed by atoms with Crippen molar-refractivity contribution in [1.29, 1.82) is 0 Å². The highest BCUT2D eigenvalue weighted by molar-refractivity contribution is 5.16. The van der Waals surface area contributed by atoms with Gasteiger partial charge in [-0.2, -0.15) is 0 Å². The molecule has 1 aromatic heterocycles. The fourth-order valence-electron chi connectivity index (χ4n) is 1.36. The summed E-state index contributed by atoms with van der Waals surface area (Å²) in [6.45, 7) is 3.56. The number of nitrogens with one attached hydrogen (secondary N) is 1. The van der Waals surface area contributed by atoms with Crippen molar-refractivity contribution < 1.29 is 9.15 Å². The van der Waals surface area contributed by atoms with Crippen LogP contribution in [0.5, 0.6) is 0 Å². The fraction of sp³-hybridized carbons (Fsp3) is 0.750. The lowest BCUT2D eigenvalue weighted by Gasteiger charge is -2.01. The second kappa shape index (κ2) is 3.74. The molecule has 1 aromatic rings. The van der Waals surface area contributed by atoms with E-state index in [4.69, 9.17) is 9.15 Å². The van der Waals surface area contributed by atoms with E-state index in [1.54, 1.807) is 0 Å². The Morgan fingerprint density at radius 3 is 3.15 bits per heavy atom. The summed E-state index contributed by atoms with van der Waals surface area (Å²) in [4.78, 5) is 0. The molecule has 5 nitrogen and oxygen atoms in total. The minimum absolute atomic E-state index is 0.0138. The van der Waals surface area contributed by atoms with E-state index in [2.05, 4.69) is 15.5 Å². The Morgan fingerprint density at radius 1 is 1.54 bits per heavy atom. The number of ether oxygens (including phenoxy) is 1. The molecule has 1 N–H and O–H groups in total. The Bertz CT molecular complexity index is 268. The van der Waals surface area contributed by atoms with Crippen molar-refractivity contribution in [1.82, 2.24) is 10.2 Å². The van der Waals surface area contributed by atoms with Crippen LogP contribution in [-0.2, 0) is 4.74 Å². The van der Waals surface area contributed by atoms with Gasteiger partial charge in [0.05, 0.1) is 0 Å². The molecule has 0 saturated carbocycles. The van der Waals surface area contributed by atoms with Crippen molar-refractivity contribution >= 4 is 6.01 Å². The van der Waals surface area contributed by atoms with E-state index in [9.17, 15) is 0 Å². The van der Waals surface area contributed by atoms with Gasteiger partial charge >= 0.3 is 6.01 Å². The van der Waals surface area contributed by atoms with Gasteiger partial charge in [-0.3, -0.25) is 0 Å². The quantitative estimate of drug-likeness (QED) is 0.766. The molecule has 1 fully saturated rings. The molecule has 1 atom stereocenters. The summed E-state index contributed by atoms with van der Waals surface area (Å²) in [6.07, 6.45) is 2.07. The summed E-state index contributed by atoms with van der Waals surface area (Å²) in [7, 11) is 0. The second-order valence-electron chi connectivity index (χ2n) is 2.98. The molecular formula is C8H13N3O2. The van der Waals surface area contributed by atoms with Gasteiger partial charge in [0.2, 0.25) is 5.89 Å². The zero-order valence-electron chi connectivity index (χ0n) is 7.62. The van der Waals surface area contributed by atoms with Crippen molar-refractivity contribution in [3.05, 3.63) is 5.89 Å². The average molecular weight is 183 g/mol. The maximum absolute atomic E-state index is 5.41. The summed E-state index contributed by atoms with van der Waals surface area (Å²) in [5.74, 6) is 0.591. The molecule has 72 valence electrons. The normalized spacial score (nSPS) is 22.1. The van der Waals surface area contributed by atoms with Crippen LogP contribution < -0.4 is 5.32 Å². The van der Waals surface area contributed by atoms with Crippen LogP contribution in [0.15, 0.2) is 4.42 Å². The van der Waals surface area contributed by atoms with Gasteiger partial charge in [-0.15, -0.1) is 5.10 Å². The minimum Gasteiger partial charge on any atom is -0.405 e. The van der Waals surface area contributed by atoms with Crippen molar-refractivity contribution in [2.45, 2.75) is 25.9 Å². The molecule has 2 heterocycles. The fourth-order valence-corrected chi connectivity index (χ4v) is 1.36. The largest absolute Gasteiger partial charge is 0.405 e. The third kappa shape index (κ3) is 1.80. The predicted molar refractivity (Wildman–Crippen MR) is 46.4 cm³/mol. The highest BCUT2D eigenvalue weighted by Gasteiger charge is 2.23. The Kier molecular flexibility index (Phi) is 2.44. The highest BCUT2D eigenvalue weighted by Crippen LogP contribution is 2.27. The number of hydrogen-bond donors (Lipinski definition) is 1. The minimum atomic E-state index is 0.0138. The van der Waals surface area contributed by atoms with E-state index in [1.165, 1.54) is 0 Å². The Balaban J connectivity index is 2.03. The van der Waals surface area contributed by atoms with Crippen LogP contribution in [0.3, 0.4) is 0 Å². The molecule has 13 heavy (non-hydrogen) atoms. The summed E-state index contributed by atoms with van der Waals surface area (Å²) < 4.78 is 10.8. The van der Waals surface area contributed by atoms with Gasteiger partial charge < -0.3 is 14.5 Å². The van der Waals surface area contributed by atoms with Crippen molar-refractivity contribution in [2.24, 2.45) is 0 Å². The number of rotatable bonds is 3. The monoisotopic (exact) mass is 183 g/mol. The molecule has 0 aromatic carbocycles. The van der Waals surface area contributed by atoms with Crippen LogP contribution in [0.2, 0.25) is 0 Å². The number of nitrogens with zero attached hydrogens (tertiary/aromatic N) is 2. The lowest BCUT2D eigenvalue weighted by molar-refractivity contribution is 0.0897.